The monoisotopic (exact) mass is 472 g/mol. The lowest BCUT2D eigenvalue weighted by Crippen LogP contribution is -2.43. The van der Waals surface area contributed by atoms with Gasteiger partial charge in [0, 0.05) is 36.1 Å². The van der Waals surface area contributed by atoms with Gasteiger partial charge in [-0.1, -0.05) is 11.3 Å². The number of benzene rings is 2. The number of rotatable bonds is 6. The Morgan fingerprint density at radius 2 is 1.71 bits per heavy atom. The van der Waals surface area contributed by atoms with E-state index in [9.17, 15) is 4.79 Å². The van der Waals surface area contributed by atoms with E-state index in [-0.39, 0.29) is 11.6 Å². The molecule has 0 aliphatic carbocycles. The lowest BCUT2D eigenvalue weighted by Gasteiger charge is -2.37. The second-order valence-corrected chi connectivity index (χ2v) is 9.88. The predicted octanol–water partition coefficient (Wildman–Crippen LogP) is 4.64. The Bertz CT molecular complexity index is 1180. The third kappa shape index (κ3) is 4.76. The summed E-state index contributed by atoms with van der Waals surface area (Å²) in [6.45, 7) is 4.73. The van der Waals surface area contributed by atoms with Gasteiger partial charge in [0.15, 0.2) is 5.13 Å². The highest BCUT2D eigenvalue weighted by Gasteiger charge is 2.26. The van der Waals surface area contributed by atoms with Gasteiger partial charge in [-0.3, -0.25) is 4.79 Å². The van der Waals surface area contributed by atoms with E-state index in [0.29, 0.717) is 21.1 Å². The van der Waals surface area contributed by atoms with Crippen LogP contribution >= 0.6 is 11.3 Å². The molecule has 174 valence electrons. The van der Waals surface area contributed by atoms with Crippen LogP contribution in [0.1, 0.15) is 46.5 Å². The quantitative estimate of drug-likeness (QED) is 0.505. The van der Waals surface area contributed by atoms with Crippen LogP contribution in [0.3, 0.4) is 0 Å². The molecule has 5 rings (SSSR count). The van der Waals surface area contributed by atoms with Crippen molar-refractivity contribution in [1.29, 1.82) is 5.26 Å². The summed E-state index contributed by atoms with van der Waals surface area (Å²) in [7, 11) is 0. The summed E-state index contributed by atoms with van der Waals surface area (Å²) < 4.78 is 0. The van der Waals surface area contributed by atoms with E-state index in [0.717, 1.165) is 24.8 Å². The first-order valence-corrected chi connectivity index (χ1v) is 12.6. The van der Waals surface area contributed by atoms with E-state index in [1.165, 1.54) is 55.8 Å². The van der Waals surface area contributed by atoms with Crippen LogP contribution in [0.2, 0.25) is 0 Å². The molecule has 2 aliphatic heterocycles. The molecule has 3 aromatic rings. The van der Waals surface area contributed by atoms with E-state index in [1.54, 1.807) is 24.3 Å². The summed E-state index contributed by atoms with van der Waals surface area (Å²) in [5.41, 5.74) is 9.18. The van der Waals surface area contributed by atoms with Crippen LogP contribution in [-0.2, 0) is 0 Å². The molecule has 0 unspecified atom stereocenters. The first-order chi connectivity index (χ1) is 16.6. The fourth-order valence-electron chi connectivity index (χ4n) is 4.85. The number of thiazole rings is 1. The van der Waals surface area contributed by atoms with Gasteiger partial charge >= 0.3 is 0 Å². The number of nitrogens with one attached hydrogen (secondary N) is 1. The van der Waals surface area contributed by atoms with Gasteiger partial charge in [-0.05, 0) is 87.3 Å². The summed E-state index contributed by atoms with van der Waals surface area (Å²) >= 11 is 1.23. The SMILES string of the molecule is N#Cc1ccc(C(=O)c2sc(Nc3ccc(N4CCC(N5CCCC5)CC4)cc3)nc2N)cc1. The van der Waals surface area contributed by atoms with Crippen LogP contribution in [0.5, 0.6) is 0 Å². The maximum atomic E-state index is 12.8. The molecule has 3 N–H and O–H groups in total. The van der Waals surface area contributed by atoms with Crippen molar-refractivity contribution >= 4 is 39.4 Å². The largest absolute Gasteiger partial charge is 0.382 e. The molecule has 0 saturated carbocycles. The molecule has 1 aromatic heterocycles. The second-order valence-electron chi connectivity index (χ2n) is 8.88. The minimum absolute atomic E-state index is 0.194. The first-order valence-electron chi connectivity index (χ1n) is 11.8. The molecule has 2 fully saturated rings. The number of carbonyl (C=O) groups is 1. The predicted molar refractivity (Wildman–Crippen MR) is 137 cm³/mol. The highest BCUT2D eigenvalue weighted by atomic mass is 32.1. The summed E-state index contributed by atoms with van der Waals surface area (Å²) in [6.07, 6.45) is 5.16. The number of piperidine rings is 1. The number of carbonyl (C=O) groups excluding carboxylic acids is 1. The van der Waals surface area contributed by atoms with Crippen molar-refractivity contribution < 1.29 is 4.79 Å². The Morgan fingerprint density at radius 1 is 1.03 bits per heavy atom. The Morgan fingerprint density at radius 3 is 2.35 bits per heavy atom. The van der Waals surface area contributed by atoms with Crippen molar-refractivity contribution in [2.45, 2.75) is 31.7 Å². The summed E-state index contributed by atoms with van der Waals surface area (Å²) in [5, 5.41) is 12.8. The lowest BCUT2D eigenvalue weighted by molar-refractivity contribution is 0.104. The van der Waals surface area contributed by atoms with Gasteiger partial charge in [-0.15, -0.1) is 0 Å². The topological polar surface area (TPSA) is 98.3 Å². The van der Waals surface area contributed by atoms with E-state index in [4.69, 9.17) is 11.0 Å². The van der Waals surface area contributed by atoms with Gasteiger partial charge < -0.3 is 20.9 Å². The number of hydrogen-bond donors (Lipinski definition) is 2. The normalized spacial score (nSPS) is 17.0. The maximum Gasteiger partial charge on any atom is 0.206 e. The van der Waals surface area contributed by atoms with Gasteiger partial charge in [-0.25, -0.2) is 4.98 Å². The molecule has 0 spiro atoms. The van der Waals surface area contributed by atoms with Crippen LogP contribution in [0.25, 0.3) is 0 Å². The van der Waals surface area contributed by atoms with Gasteiger partial charge in [0.1, 0.15) is 10.7 Å². The molecule has 0 bridgehead atoms. The molecule has 0 amide bonds. The lowest BCUT2D eigenvalue weighted by atomic mass is 10.0. The van der Waals surface area contributed by atoms with E-state index >= 15 is 0 Å². The number of hydrogen-bond acceptors (Lipinski definition) is 8. The van der Waals surface area contributed by atoms with Gasteiger partial charge in [0.05, 0.1) is 11.6 Å². The van der Waals surface area contributed by atoms with Crippen molar-refractivity contribution in [3.8, 4) is 6.07 Å². The number of likely N-dealkylation sites (tertiary alicyclic amines) is 1. The Kier molecular flexibility index (Phi) is 6.48. The molecule has 7 nitrogen and oxygen atoms in total. The Labute approximate surface area is 203 Å². The number of nitrogen functional groups attached to an aromatic ring is 1. The molecule has 2 aliphatic rings. The van der Waals surface area contributed by atoms with Crippen molar-refractivity contribution in [3.05, 3.63) is 64.5 Å². The number of anilines is 4. The molecular weight excluding hydrogens is 444 g/mol. The molecule has 34 heavy (non-hydrogen) atoms. The number of nitrogens with zero attached hydrogens (tertiary/aromatic N) is 4. The fourth-order valence-corrected chi connectivity index (χ4v) is 5.72. The van der Waals surface area contributed by atoms with Gasteiger partial charge in [0.25, 0.3) is 0 Å². The van der Waals surface area contributed by atoms with E-state index < -0.39 is 0 Å². The Hall–Kier alpha value is -3.41. The number of nitrogens with two attached hydrogens (primary N) is 1. The smallest absolute Gasteiger partial charge is 0.206 e. The standard InChI is InChI=1S/C26H28N6OS/c27-17-18-3-5-19(6-4-18)23(33)24-25(28)30-26(34-24)29-20-7-9-21(10-8-20)32-15-11-22(12-16-32)31-13-1-2-14-31/h3-10,22H,1-2,11-16,28H2,(H,29,30). The highest BCUT2D eigenvalue weighted by molar-refractivity contribution is 7.18. The highest BCUT2D eigenvalue weighted by Crippen LogP contribution is 2.31. The second kappa shape index (κ2) is 9.84. The van der Waals surface area contributed by atoms with Crippen molar-refractivity contribution in [1.82, 2.24) is 9.88 Å². The summed E-state index contributed by atoms with van der Waals surface area (Å²) in [6, 6.07) is 17.7. The average molecular weight is 473 g/mol. The van der Waals surface area contributed by atoms with Crippen LogP contribution in [0.15, 0.2) is 48.5 Å². The van der Waals surface area contributed by atoms with Gasteiger partial charge in [-0.2, -0.15) is 5.26 Å². The molecule has 0 radical (unpaired) electrons. The van der Waals surface area contributed by atoms with Crippen molar-refractivity contribution in [3.63, 3.8) is 0 Å². The fraction of sp³-hybridized carbons (Fsp3) is 0.346. The number of ketones is 1. The molecule has 2 saturated heterocycles. The molecule has 3 heterocycles. The average Bonchev–Trinajstić information content (AvgIpc) is 3.54. The summed E-state index contributed by atoms with van der Waals surface area (Å²) in [5.74, 6) is 0.0135. The maximum absolute atomic E-state index is 12.8. The van der Waals surface area contributed by atoms with Crippen LogP contribution in [-0.4, -0.2) is 47.9 Å². The minimum atomic E-state index is -0.194. The van der Waals surface area contributed by atoms with Crippen LogP contribution in [0.4, 0.5) is 22.3 Å². The third-order valence-electron chi connectivity index (χ3n) is 6.74. The van der Waals surface area contributed by atoms with Crippen LogP contribution < -0.4 is 16.0 Å². The third-order valence-corrected chi connectivity index (χ3v) is 7.73. The van der Waals surface area contributed by atoms with E-state index in [1.807, 2.05) is 12.1 Å². The molecule has 2 aromatic carbocycles. The zero-order chi connectivity index (χ0) is 23.5. The van der Waals surface area contributed by atoms with Crippen molar-refractivity contribution in [2.75, 3.05) is 42.1 Å². The molecular formula is C26H28N6OS. The van der Waals surface area contributed by atoms with Crippen molar-refractivity contribution in [2.24, 2.45) is 0 Å². The van der Waals surface area contributed by atoms with E-state index in [2.05, 4.69) is 38.3 Å². The molecule has 8 heteroatoms. The zero-order valence-electron chi connectivity index (χ0n) is 19.0. The Balaban J connectivity index is 1.21. The summed E-state index contributed by atoms with van der Waals surface area (Å²) in [4.78, 5) is 22.7. The zero-order valence-corrected chi connectivity index (χ0v) is 19.9. The number of aromatic nitrogens is 1. The first kappa shape index (κ1) is 22.4. The molecule has 0 atom stereocenters. The van der Waals surface area contributed by atoms with Gasteiger partial charge in [0.2, 0.25) is 5.78 Å². The van der Waals surface area contributed by atoms with Crippen LogP contribution in [0, 0.1) is 11.3 Å². The number of nitriles is 1. The minimum Gasteiger partial charge on any atom is -0.382 e.